The lowest BCUT2D eigenvalue weighted by Gasteiger charge is -2.11. The molecule has 104 valence electrons. The summed E-state index contributed by atoms with van der Waals surface area (Å²) in [5, 5.41) is 0.575. The molecule has 2 rings (SSSR count). The third-order valence-corrected chi connectivity index (χ3v) is 3.32. The van der Waals surface area contributed by atoms with Crippen molar-refractivity contribution < 1.29 is 13.9 Å². The lowest BCUT2D eigenvalue weighted by molar-refractivity contribution is 0.111. The molecule has 20 heavy (non-hydrogen) atoms. The molecular formula is C14H8Cl3FO2. The van der Waals surface area contributed by atoms with Crippen LogP contribution in [0, 0.1) is 5.82 Å². The summed E-state index contributed by atoms with van der Waals surface area (Å²) in [4.78, 5) is 11.0. The second-order valence-corrected chi connectivity index (χ2v) is 5.21. The summed E-state index contributed by atoms with van der Waals surface area (Å²) in [6, 6.07) is 7.15. The Bertz CT molecular complexity index is 659. The smallest absolute Gasteiger partial charge is 0.153 e. The zero-order chi connectivity index (χ0) is 14.7. The molecule has 0 N–H and O–H groups in total. The van der Waals surface area contributed by atoms with Crippen molar-refractivity contribution in [1.82, 2.24) is 0 Å². The Morgan fingerprint density at radius 2 is 1.85 bits per heavy atom. The number of halogens is 4. The van der Waals surface area contributed by atoms with Gasteiger partial charge in [-0.3, -0.25) is 4.79 Å². The van der Waals surface area contributed by atoms with Gasteiger partial charge in [0.25, 0.3) is 0 Å². The monoisotopic (exact) mass is 332 g/mol. The fourth-order valence-electron chi connectivity index (χ4n) is 1.60. The first-order chi connectivity index (χ1) is 9.51. The fourth-order valence-corrected chi connectivity index (χ4v) is 2.37. The van der Waals surface area contributed by atoms with Crippen LogP contribution in [0.1, 0.15) is 15.9 Å². The van der Waals surface area contributed by atoms with E-state index in [1.165, 1.54) is 30.3 Å². The van der Waals surface area contributed by atoms with E-state index in [-0.39, 0.29) is 28.0 Å². The van der Waals surface area contributed by atoms with Crippen LogP contribution >= 0.6 is 34.8 Å². The zero-order valence-corrected chi connectivity index (χ0v) is 12.3. The van der Waals surface area contributed by atoms with Crippen molar-refractivity contribution in [3.63, 3.8) is 0 Å². The molecule has 2 aromatic rings. The number of aldehydes is 1. The number of carbonyl (C=O) groups is 1. The lowest BCUT2D eigenvalue weighted by atomic mass is 10.2. The van der Waals surface area contributed by atoms with Gasteiger partial charge in [-0.15, -0.1) is 0 Å². The largest absolute Gasteiger partial charge is 0.487 e. The summed E-state index contributed by atoms with van der Waals surface area (Å²) >= 11 is 17.5. The molecule has 0 spiro atoms. The summed E-state index contributed by atoms with van der Waals surface area (Å²) in [5.41, 5.74) is 0.898. The molecule has 2 nitrogen and oxygen atoms in total. The van der Waals surface area contributed by atoms with E-state index in [0.29, 0.717) is 16.9 Å². The van der Waals surface area contributed by atoms with Crippen LogP contribution in [-0.2, 0) is 6.61 Å². The molecule has 0 unspecified atom stereocenters. The van der Waals surface area contributed by atoms with Crippen LogP contribution in [0.4, 0.5) is 4.39 Å². The first-order valence-electron chi connectivity index (χ1n) is 5.52. The van der Waals surface area contributed by atoms with Crippen molar-refractivity contribution in [3.05, 3.63) is 62.3 Å². The minimum atomic E-state index is -0.506. The van der Waals surface area contributed by atoms with Crippen molar-refractivity contribution in [2.75, 3.05) is 0 Å². The Morgan fingerprint density at radius 3 is 2.50 bits per heavy atom. The van der Waals surface area contributed by atoms with E-state index in [2.05, 4.69) is 0 Å². The molecule has 0 aromatic heterocycles. The van der Waals surface area contributed by atoms with Crippen LogP contribution in [0.3, 0.4) is 0 Å². The van der Waals surface area contributed by atoms with Crippen LogP contribution in [0.15, 0.2) is 30.3 Å². The van der Waals surface area contributed by atoms with Gasteiger partial charge in [-0.2, -0.15) is 0 Å². The van der Waals surface area contributed by atoms with E-state index >= 15 is 0 Å². The SMILES string of the molecule is O=Cc1cc(Cl)cc(Cl)c1OCc1ccc(F)c(Cl)c1. The third-order valence-electron chi connectivity index (χ3n) is 2.53. The molecule has 0 aliphatic rings. The molecule has 0 aliphatic heterocycles. The molecule has 6 heteroatoms. The van der Waals surface area contributed by atoms with Crippen LogP contribution in [-0.4, -0.2) is 6.29 Å². The standard InChI is InChI=1S/C14H8Cl3FO2/c15-10-4-9(6-19)14(12(17)5-10)20-7-8-1-2-13(18)11(16)3-8/h1-6H,7H2. The lowest BCUT2D eigenvalue weighted by Crippen LogP contribution is -1.99. The van der Waals surface area contributed by atoms with Gasteiger partial charge in [0.2, 0.25) is 0 Å². The van der Waals surface area contributed by atoms with Crippen LogP contribution in [0.2, 0.25) is 15.1 Å². The van der Waals surface area contributed by atoms with Gasteiger partial charge in [-0.05, 0) is 29.8 Å². The van der Waals surface area contributed by atoms with E-state index in [9.17, 15) is 9.18 Å². The summed E-state index contributed by atoms with van der Waals surface area (Å²) in [6.07, 6.45) is 0.602. The maximum absolute atomic E-state index is 13.0. The van der Waals surface area contributed by atoms with Crippen LogP contribution in [0.5, 0.6) is 5.75 Å². The topological polar surface area (TPSA) is 26.3 Å². The van der Waals surface area contributed by atoms with Crippen molar-refractivity contribution in [2.45, 2.75) is 6.61 Å². The highest BCUT2D eigenvalue weighted by Crippen LogP contribution is 2.32. The van der Waals surface area contributed by atoms with E-state index in [1.807, 2.05) is 0 Å². The van der Waals surface area contributed by atoms with E-state index in [4.69, 9.17) is 39.5 Å². The highest BCUT2D eigenvalue weighted by molar-refractivity contribution is 6.36. The minimum absolute atomic E-state index is 0.00362. The average Bonchev–Trinajstić information content (AvgIpc) is 2.40. The highest BCUT2D eigenvalue weighted by Gasteiger charge is 2.11. The maximum atomic E-state index is 13.0. The van der Waals surface area contributed by atoms with Gasteiger partial charge in [0.15, 0.2) is 6.29 Å². The normalized spacial score (nSPS) is 10.4. The predicted octanol–water partition coefficient (Wildman–Crippen LogP) is 5.18. The third kappa shape index (κ3) is 3.42. The molecule has 0 amide bonds. The van der Waals surface area contributed by atoms with Gasteiger partial charge in [0, 0.05) is 5.02 Å². The van der Waals surface area contributed by atoms with E-state index < -0.39 is 5.82 Å². The van der Waals surface area contributed by atoms with Crippen molar-refractivity contribution in [3.8, 4) is 5.75 Å². The molecule has 2 aromatic carbocycles. The quantitative estimate of drug-likeness (QED) is 0.721. The predicted molar refractivity (Wildman–Crippen MR) is 77.6 cm³/mol. The van der Waals surface area contributed by atoms with Crippen LogP contribution in [0.25, 0.3) is 0 Å². The minimum Gasteiger partial charge on any atom is -0.487 e. The number of hydrogen-bond acceptors (Lipinski definition) is 2. The summed E-state index contributed by atoms with van der Waals surface area (Å²) in [7, 11) is 0. The molecule has 0 aliphatic carbocycles. The highest BCUT2D eigenvalue weighted by atomic mass is 35.5. The molecular weight excluding hydrogens is 326 g/mol. The molecule has 0 saturated carbocycles. The Labute approximate surface area is 130 Å². The Hall–Kier alpha value is -1.29. The summed E-state index contributed by atoms with van der Waals surface area (Å²) in [6.45, 7) is 0.0994. The number of benzene rings is 2. The molecule has 0 heterocycles. The van der Waals surface area contributed by atoms with Gasteiger partial charge in [0.05, 0.1) is 15.6 Å². The Morgan fingerprint density at radius 1 is 1.10 bits per heavy atom. The first-order valence-corrected chi connectivity index (χ1v) is 6.65. The van der Waals surface area contributed by atoms with E-state index in [0.717, 1.165) is 0 Å². The second-order valence-electron chi connectivity index (χ2n) is 3.96. The molecule has 0 saturated heterocycles. The fraction of sp³-hybridized carbons (Fsp3) is 0.0714. The average molecular weight is 334 g/mol. The summed E-state index contributed by atoms with van der Waals surface area (Å²) in [5.74, 6) is -0.278. The summed E-state index contributed by atoms with van der Waals surface area (Å²) < 4.78 is 18.5. The van der Waals surface area contributed by atoms with Gasteiger partial charge in [0.1, 0.15) is 18.2 Å². The maximum Gasteiger partial charge on any atom is 0.153 e. The molecule has 0 radical (unpaired) electrons. The Kier molecular flexibility index (Phi) is 4.86. The van der Waals surface area contributed by atoms with Gasteiger partial charge >= 0.3 is 0 Å². The first kappa shape index (κ1) is 15.1. The van der Waals surface area contributed by atoms with Gasteiger partial charge < -0.3 is 4.74 Å². The van der Waals surface area contributed by atoms with Crippen molar-refractivity contribution in [1.29, 1.82) is 0 Å². The van der Waals surface area contributed by atoms with Crippen LogP contribution < -0.4 is 4.74 Å². The molecule has 0 atom stereocenters. The van der Waals surface area contributed by atoms with E-state index in [1.54, 1.807) is 0 Å². The van der Waals surface area contributed by atoms with Gasteiger partial charge in [-0.1, -0.05) is 40.9 Å². The Balaban J connectivity index is 2.22. The number of ether oxygens (including phenoxy) is 1. The second kappa shape index (κ2) is 6.44. The number of hydrogen-bond donors (Lipinski definition) is 0. The number of carbonyl (C=O) groups excluding carboxylic acids is 1. The molecule has 0 bridgehead atoms. The molecule has 0 fully saturated rings. The number of rotatable bonds is 4. The van der Waals surface area contributed by atoms with Crippen molar-refractivity contribution in [2.24, 2.45) is 0 Å². The van der Waals surface area contributed by atoms with Gasteiger partial charge in [-0.25, -0.2) is 4.39 Å². The van der Waals surface area contributed by atoms with Crippen molar-refractivity contribution >= 4 is 41.1 Å². The zero-order valence-electron chi connectivity index (χ0n) is 10.00.